The van der Waals surface area contributed by atoms with Gasteiger partial charge in [0.2, 0.25) is 5.91 Å². The fourth-order valence-electron chi connectivity index (χ4n) is 3.71. The molecule has 0 aliphatic carbocycles. The predicted octanol–water partition coefficient (Wildman–Crippen LogP) is 6.06. The highest BCUT2D eigenvalue weighted by Crippen LogP contribution is 2.32. The van der Waals surface area contributed by atoms with Gasteiger partial charge in [-0.2, -0.15) is 0 Å². The summed E-state index contributed by atoms with van der Waals surface area (Å²) in [4.78, 5) is 20.0. The van der Waals surface area contributed by atoms with Crippen molar-refractivity contribution in [3.63, 3.8) is 0 Å². The van der Waals surface area contributed by atoms with Crippen molar-refractivity contribution in [3.8, 4) is 11.1 Å². The van der Waals surface area contributed by atoms with Gasteiger partial charge in [0, 0.05) is 46.3 Å². The summed E-state index contributed by atoms with van der Waals surface area (Å²) in [6.07, 6.45) is 4.09. The van der Waals surface area contributed by atoms with Crippen LogP contribution in [0.4, 0.5) is 0 Å². The molecule has 2 aromatic carbocycles. The lowest BCUT2D eigenvalue weighted by Crippen LogP contribution is -2.41. The van der Waals surface area contributed by atoms with E-state index in [2.05, 4.69) is 41.4 Å². The Morgan fingerprint density at radius 1 is 1.03 bits per heavy atom. The lowest BCUT2D eigenvalue weighted by molar-refractivity contribution is -0.135. The molecular formula is C24H27ClN2OS. The topological polar surface area (TPSA) is 33.2 Å². The number of aromatic nitrogens is 1. The van der Waals surface area contributed by atoms with Crippen LogP contribution < -0.4 is 0 Å². The SMILES string of the molecule is CC(C)C(=O)N1CCC(Sc2ccc(-c3cnc4ccccc4c3)cc2)CC1.Cl. The molecule has 0 N–H and O–H groups in total. The summed E-state index contributed by atoms with van der Waals surface area (Å²) in [6.45, 7) is 5.73. The first-order valence-electron chi connectivity index (χ1n) is 10.0. The lowest BCUT2D eigenvalue weighted by Gasteiger charge is -2.32. The highest BCUT2D eigenvalue weighted by Gasteiger charge is 2.24. The minimum atomic E-state index is 0. The standard InChI is InChI=1S/C24H26N2OS.ClH/c1-17(2)24(27)26-13-11-22(12-14-26)28-21-9-7-18(8-10-21)20-15-19-5-3-4-6-23(19)25-16-20;/h3-10,15-17,22H,11-14H2,1-2H3;1H. The number of halogens is 1. The first-order valence-corrected chi connectivity index (χ1v) is 10.9. The molecule has 0 saturated carbocycles. The maximum atomic E-state index is 12.1. The molecule has 0 radical (unpaired) electrons. The van der Waals surface area contributed by atoms with E-state index in [4.69, 9.17) is 0 Å². The predicted molar refractivity (Wildman–Crippen MR) is 125 cm³/mol. The number of carbonyl (C=O) groups excluding carboxylic acids is 1. The van der Waals surface area contributed by atoms with Crippen LogP contribution in [-0.2, 0) is 4.79 Å². The number of pyridine rings is 1. The van der Waals surface area contributed by atoms with E-state index < -0.39 is 0 Å². The Morgan fingerprint density at radius 2 is 1.72 bits per heavy atom. The van der Waals surface area contributed by atoms with Crippen LogP contribution in [0, 0.1) is 5.92 Å². The number of carbonyl (C=O) groups is 1. The van der Waals surface area contributed by atoms with Crippen molar-refractivity contribution in [2.45, 2.75) is 36.8 Å². The Hall–Kier alpha value is -2.04. The van der Waals surface area contributed by atoms with E-state index in [-0.39, 0.29) is 24.2 Å². The number of piperidine rings is 1. The molecule has 3 nitrogen and oxygen atoms in total. The van der Waals surface area contributed by atoms with Crippen LogP contribution in [0.25, 0.3) is 22.0 Å². The summed E-state index contributed by atoms with van der Waals surface area (Å²) in [5.41, 5.74) is 3.37. The first-order chi connectivity index (χ1) is 13.6. The molecule has 0 bridgehead atoms. The Bertz CT molecular complexity index is 966. The molecule has 0 unspecified atom stereocenters. The number of hydrogen-bond acceptors (Lipinski definition) is 3. The number of amides is 1. The van der Waals surface area contributed by atoms with Crippen LogP contribution in [0.3, 0.4) is 0 Å². The molecule has 29 heavy (non-hydrogen) atoms. The second-order valence-electron chi connectivity index (χ2n) is 7.74. The minimum Gasteiger partial charge on any atom is -0.342 e. The molecule has 3 aromatic rings. The van der Waals surface area contributed by atoms with Gasteiger partial charge in [-0.05, 0) is 42.7 Å². The molecule has 152 valence electrons. The Balaban J connectivity index is 0.00000240. The number of fused-ring (bicyclic) bond motifs is 1. The second-order valence-corrected chi connectivity index (χ2v) is 9.11. The number of benzene rings is 2. The zero-order valence-electron chi connectivity index (χ0n) is 16.9. The van der Waals surface area contributed by atoms with Gasteiger partial charge in [0.05, 0.1) is 5.52 Å². The van der Waals surface area contributed by atoms with E-state index in [0.717, 1.165) is 37.0 Å². The van der Waals surface area contributed by atoms with Crippen molar-refractivity contribution >= 4 is 41.0 Å². The Labute approximate surface area is 183 Å². The van der Waals surface area contributed by atoms with Crippen LogP contribution in [0.2, 0.25) is 0 Å². The summed E-state index contributed by atoms with van der Waals surface area (Å²) in [6, 6.07) is 19.2. The highest BCUT2D eigenvalue weighted by atomic mass is 35.5. The molecular weight excluding hydrogens is 400 g/mol. The monoisotopic (exact) mass is 426 g/mol. The molecule has 1 aliphatic heterocycles. The molecule has 1 saturated heterocycles. The van der Waals surface area contributed by atoms with E-state index >= 15 is 0 Å². The van der Waals surface area contributed by atoms with Crippen molar-refractivity contribution in [2.75, 3.05) is 13.1 Å². The fourth-order valence-corrected chi connectivity index (χ4v) is 4.83. The van der Waals surface area contributed by atoms with Crippen LogP contribution >= 0.6 is 24.2 Å². The van der Waals surface area contributed by atoms with Crippen molar-refractivity contribution in [1.29, 1.82) is 0 Å². The number of thioether (sulfide) groups is 1. The van der Waals surface area contributed by atoms with Gasteiger partial charge in [0.25, 0.3) is 0 Å². The Morgan fingerprint density at radius 3 is 2.41 bits per heavy atom. The van der Waals surface area contributed by atoms with E-state index in [0.29, 0.717) is 5.25 Å². The van der Waals surface area contributed by atoms with Gasteiger partial charge in [-0.3, -0.25) is 9.78 Å². The number of likely N-dealkylation sites (tertiary alicyclic amines) is 1. The lowest BCUT2D eigenvalue weighted by atomic mass is 10.1. The van der Waals surface area contributed by atoms with Gasteiger partial charge in [0.15, 0.2) is 0 Å². The molecule has 0 spiro atoms. The van der Waals surface area contributed by atoms with Crippen molar-refractivity contribution in [1.82, 2.24) is 9.88 Å². The summed E-state index contributed by atoms with van der Waals surface area (Å²) in [5, 5.41) is 1.76. The van der Waals surface area contributed by atoms with E-state index in [1.54, 1.807) is 0 Å². The van der Waals surface area contributed by atoms with E-state index in [1.165, 1.54) is 15.8 Å². The second kappa shape index (κ2) is 9.64. The quantitative estimate of drug-likeness (QED) is 0.508. The molecule has 2 heterocycles. The molecule has 1 fully saturated rings. The van der Waals surface area contributed by atoms with Crippen LogP contribution in [0.1, 0.15) is 26.7 Å². The molecule has 1 aromatic heterocycles. The minimum absolute atomic E-state index is 0. The first kappa shape index (κ1) is 21.7. The maximum absolute atomic E-state index is 12.1. The zero-order chi connectivity index (χ0) is 19.5. The molecule has 1 amide bonds. The van der Waals surface area contributed by atoms with Crippen molar-refractivity contribution in [2.24, 2.45) is 5.92 Å². The Kier molecular flexibility index (Phi) is 7.20. The summed E-state index contributed by atoms with van der Waals surface area (Å²) >= 11 is 1.94. The third-order valence-electron chi connectivity index (χ3n) is 5.33. The van der Waals surface area contributed by atoms with Gasteiger partial charge < -0.3 is 4.90 Å². The van der Waals surface area contributed by atoms with Crippen molar-refractivity contribution in [3.05, 3.63) is 60.8 Å². The number of nitrogens with zero attached hydrogens (tertiary/aromatic N) is 2. The normalized spacial score (nSPS) is 14.8. The average molecular weight is 427 g/mol. The number of para-hydroxylation sites is 1. The number of rotatable bonds is 4. The molecule has 0 atom stereocenters. The third kappa shape index (κ3) is 5.12. The van der Waals surface area contributed by atoms with Gasteiger partial charge >= 0.3 is 0 Å². The third-order valence-corrected chi connectivity index (χ3v) is 6.68. The van der Waals surface area contributed by atoms with Gasteiger partial charge in [-0.25, -0.2) is 0 Å². The fraction of sp³-hybridized carbons (Fsp3) is 0.333. The smallest absolute Gasteiger partial charge is 0.225 e. The zero-order valence-corrected chi connectivity index (χ0v) is 18.5. The van der Waals surface area contributed by atoms with E-state index in [1.807, 2.05) is 54.9 Å². The van der Waals surface area contributed by atoms with E-state index in [9.17, 15) is 4.79 Å². The summed E-state index contributed by atoms with van der Waals surface area (Å²) < 4.78 is 0. The van der Waals surface area contributed by atoms with Gasteiger partial charge in [-0.15, -0.1) is 24.2 Å². The van der Waals surface area contributed by atoms with Crippen LogP contribution in [0.5, 0.6) is 0 Å². The average Bonchev–Trinajstić information content (AvgIpc) is 2.74. The summed E-state index contributed by atoms with van der Waals surface area (Å²) in [7, 11) is 0. The highest BCUT2D eigenvalue weighted by molar-refractivity contribution is 8.00. The van der Waals surface area contributed by atoms with Gasteiger partial charge in [0.1, 0.15) is 0 Å². The molecule has 4 rings (SSSR count). The number of hydrogen-bond donors (Lipinski definition) is 0. The van der Waals surface area contributed by atoms with Crippen LogP contribution in [0.15, 0.2) is 65.7 Å². The maximum Gasteiger partial charge on any atom is 0.225 e. The largest absolute Gasteiger partial charge is 0.342 e. The van der Waals surface area contributed by atoms with Crippen molar-refractivity contribution < 1.29 is 4.79 Å². The van der Waals surface area contributed by atoms with Gasteiger partial charge in [-0.1, -0.05) is 44.2 Å². The molecule has 5 heteroatoms. The summed E-state index contributed by atoms with van der Waals surface area (Å²) in [5.74, 6) is 0.387. The van der Waals surface area contributed by atoms with Crippen LogP contribution in [-0.4, -0.2) is 34.1 Å². The molecule has 1 aliphatic rings.